The molecule has 0 aromatic heterocycles. The van der Waals surface area contributed by atoms with Crippen LogP contribution in [-0.2, 0) is 9.53 Å². The largest absolute Gasteiger partial charge is 0.460 e. The zero-order chi connectivity index (χ0) is 8.10. The molecule has 1 aliphatic rings. The molecule has 0 unspecified atom stereocenters. The van der Waals surface area contributed by atoms with Crippen molar-refractivity contribution in [1.29, 1.82) is 0 Å². The maximum absolute atomic E-state index is 10.6. The number of rotatable bonds is 3. The molecule has 1 heterocycles. The quantitative estimate of drug-likeness (QED) is 0.498. The minimum absolute atomic E-state index is 0.321. The molecule has 0 aromatic rings. The van der Waals surface area contributed by atoms with Crippen LogP contribution in [0.5, 0.6) is 0 Å². The topological polar surface area (TPSA) is 26.3 Å². The summed E-state index contributed by atoms with van der Waals surface area (Å²) in [7, 11) is 0. The summed E-state index contributed by atoms with van der Waals surface area (Å²) in [5, 5.41) is 0. The van der Waals surface area contributed by atoms with E-state index < -0.39 is 0 Å². The Morgan fingerprint density at radius 2 is 2.27 bits per heavy atom. The Balaban J connectivity index is 2.10. The van der Waals surface area contributed by atoms with Gasteiger partial charge in [-0.25, -0.2) is 4.79 Å². The van der Waals surface area contributed by atoms with Gasteiger partial charge in [-0.3, -0.25) is 0 Å². The van der Waals surface area contributed by atoms with Gasteiger partial charge in [0.2, 0.25) is 0 Å². The van der Waals surface area contributed by atoms with Crippen molar-refractivity contribution in [2.45, 2.75) is 4.58 Å². The maximum atomic E-state index is 10.6. The van der Waals surface area contributed by atoms with Crippen molar-refractivity contribution in [3.05, 3.63) is 12.7 Å². The number of carbonyl (C=O) groups excluding carboxylic acids is 1. The molecule has 0 bridgehead atoms. The van der Waals surface area contributed by atoms with Gasteiger partial charge in [0.1, 0.15) is 6.61 Å². The normalized spacial score (nSPS) is 18.2. The molecule has 0 amide bonds. The maximum Gasteiger partial charge on any atom is 0.330 e. The molecule has 4 heteroatoms. The lowest BCUT2D eigenvalue weighted by atomic mass is 10.6. The van der Waals surface area contributed by atoms with Crippen molar-refractivity contribution in [2.75, 3.05) is 18.1 Å². The van der Waals surface area contributed by atoms with E-state index in [9.17, 15) is 4.79 Å². The number of thioether (sulfide) groups is 2. The van der Waals surface area contributed by atoms with Crippen molar-refractivity contribution >= 4 is 29.5 Å². The lowest BCUT2D eigenvalue weighted by Gasteiger charge is -2.06. The van der Waals surface area contributed by atoms with Crippen LogP contribution < -0.4 is 0 Å². The Hall–Kier alpha value is -0.0900. The summed E-state index contributed by atoms with van der Waals surface area (Å²) in [6.45, 7) is 3.83. The van der Waals surface area contributed by atoms with E-state index in [1.165, 1.54) is 17.6 Å². The third-order valence-electron chi connectivity index (χ3n) is 1.22. The summed E-state index contributed by atoms with van der Waals surface area (Å²) in [5.41, 5.74) is 0. The van der Waals surface area contributed by atoms with Gasteiger partial charge in [0.25, 0.3) is 0 Å². The summed E-state index contributed by atoms with van der Waals surface area (Å²) >= 11 is 3.69. The lowest BCUT2D eigenvalue weighted by molar-refractivity contribution is -0.137. The molecule has 62 valence electrons. The fourth-order valence-corrected chi connectivity index (χ4v) is 3.30. The van der Waals surface area contributed by atoms with Gasteiger partial charge < -0.3 is 4.74 Å². The second kappa shape index (κ2) is 4.72. The van der Waals surface area contributed by atoms with Gasteiger partial charge in [0.15, 0.2) is 0 Å². The molecule has 0 atom stereocenters. The van der Waals surface area contributed by atoms with Gasteiger partial charge in [0, 0.05) is 17.6 Å². The van der Waals surface area contributed by atoms with Crippen LogP contribution in [0.4, 0.5) is 0 Å². The monoisotopic (exact) mass is 190 g/mol. The Morgan fingerprint density at radius 3 is 2.82 bits per heavy atom. The highest BCUT2D eigenvalue weighted by Crippen LogP contribution is 2.31. The van der Waals surface area contributed by atoms with E-state index in [2.05, 4.69) is 6.58 Å². The summed E-state index contributed by atoms with van der Waals surface area (Å²) in [6.07, 6.45) is 1.20. The summed E-state index contributed by atoms with van der Waals surface area (Å²) in [5.74, 6) is 2.01. The first-order valence-corrected chi connectivity index (χ1v) is 5.45. The van der Waals surface area contributed by atoms with Crippen molar-refractivity contribution in [2.24, 2.45) is 0 Å². The number of hydrogen-bond donors (Lipinski definition) is 0. The zero-order valence-corrected chi connectivity index (χ0v) is 7.75. The molecule has 0 N–H and O–H groups in total. The molecule has 2 nitrogen and oxygen atoms in total. The highest BCUT2D eigenvalue weighted by Gasteiger charge is 2.16. The Bertz CT molecular complexity index is 153. The number of ether oxygens (including phenoxy) is 1. The number of hydrogen-bond acceptors (Lipinski definition) is 4. The molecule has 0 radical (unpaired) electrons. The Labute approximate surface area is 74.8 Å². The molecule has 11 heavy (non-hydrogen) atoms. The van der Waals surface area contributed by atoms with Gasteiger partial charge in [-0.2, -0.15) is 0 Å². The summed E-state index contributed by atoms with van der Waals surface area (Å²) in [6, 6.07) is 0. The molecule has 0 aliphatic carbocycles. The van der Waals surface area contributed by atoms with Gasteiger partial charge in [0.05, 0.1) is 4.58 Å². The summed E-state index contributed by atoms with van der Waals surface area (Å²) < 4.78 is 5.32. The second-order valence-corrected chi connectivity index (χ2v) is 4.92. The zero-order valence-electron chi connectivity index (χ0n) is 6.12. The van der Waals surface area contributed by atoms with Crippen LogP contribution in [0.25, 0.3) is 0 Å². The molecule has 1 fully saturated rings. The van der Waals surface area contributed by atoms with Crippen molar-refractivity contribution < 1.29 is 9.53 Å². The average molecular weight is 190 g/mol. The van der Waals surface area contributed by atoms with Gasteiger partial charge in [-0.15, -0.1) is 23.5 Å². The fourth-order valence-electron chi connectivity index (χ4n) is 0.713. The molecular weight excluding hydrogens is 180 g/mol. The second-order valence-electron chi connectivity index (χ2n) is 2.01. The van der Waals surface area contributed by atoms with E-state index in [1.807, 2.05) is 23.5 Å². The van der Waals surface area contributed by atoms with Crippen LogP contribution in [0, 0.1) is 0 Å². The van der Waals surface area contributed by atoms with Crippen molar-refractivity contribution in [1.82, 2.24) is 0 Å². The predicted molar refractivity (Wildman–Crippen MR) is 49.9 cm³/mol. The van der Waals surface area contributed by atoms with Gasteiger partial charge in [-0.1, -0.05) is 6.58 Å². The highest BCUT2D eigenvalue weighted by atomic mass is 32.2. The first-order valence-electron chi connectivity index (χ1n) is 3.35. The number of carbonyl (C=O) groups is 1. The fraction of sp³-hybridized carbons (Fsp3) is 0.571. The van der Waals surface area contributed by atoms with E-state index >= 15 is 0 Å². The first kappa shape index (κ1) is 9.00. The minimum Gasteiger partial charge on any atom is -0.460 e. The Morgan fingerprint density at radius 1 is 1.64 bits per heavy atom. The Kier molecular flexibility index (Phi) is 3.86. The van der Waals surface area contributed by atoms with Crippen molar-refractivity contribution in [3.8, 4) is 0 Å². The highest BCUT2D eigenvalue weighted by molar-refractivity contribution is 8.20. The van der Waals surface area contributed by atoms with Crippen LogP contribution in [0.1, 0.15) is 0 Å². The van der Waals surface area contributed by atoms with E-state index in [4.69, 9.17) is 4.74 Å². The van der Waals surface area contributed by atoms with E-state index in [1.54, 1.807) is 0 Å². The van der Waals surface area contributed by atoms with Gasteiger partial charge in [-0.05, 0) is 0 Å². The molecular formula is C7H10O2S2. The van der Waals surface area contributed by atoms with Crippen LogP contribution in [0.2, 0.25) is 0 Å². The van der Waals surface area contributed by atoms with E-state index in [0.717, 1.165) is 0 Å². The SMILES string of the molecule is C=CC(=O)OCC1SCCS1. The van der Waals surface area contributed by atoms with Gasteiger partial charge >= 0.3 is 5.97 Å². The van der Waals surface area contributed by atoms with E-state index in [0.29, 0.717) is 11.2 Å². The summed E-state index contributed by atoms with van der Waals surface area (Å²) in [4.78, 5) is 10.6. The number of esters is 1. The van der Waals surface area contributed by atoms with Crippen LogP contribution >= 0.6 is 23.5 Å². The third kappa shape index (κ3) is 3.20. The molecule has 0 saturated carbocycles. The standard InChI is InChI=1S/C7H10O2S2/c1-2-6(8)9-5-7-10-3-4-11-7/h2,7H,1,3-5H2. The van der Waals surface area contributed by atoms with Crippen LogP contribution in [0.3, 0.4) is 0 Å². The third-order valence-corrected chi connectivity index (χ3v) is 4.19. The molecule has 1 rings (SSSR count). The van der Waals surface area contributed by atoms with Crippen LogP contribution in [-0.4, -0.2) is 28.7 Å². The smallest absolute Gasteiger partial charge is 0.330 e. The minimum atomic E-state index is -0.321. The first-order chi connectivity index (χ1) is 5.33. The molecule has 1 saturated heterocycles. The lowest BCUT2D eigenvalue weighted by Crippen LogP contribution is -2.09. The predicted octanol–water partition coefficient (Wildman–Crippen LogP) is 1.52. The van der Waals surface area contributed by atoms with Crippen molar-refractivity contribution in [3.63, 3.8) is 0 Å². The molecule has 1 aliphatic heterocycles. The molecule has 0 aromatic carbocycles. The van der Waals surface area contributed by atoms with Crippen LogP contribution in [0.15, 0.2) is 12.7 Å². The van der Waals surface area contributed by atoms with E-state index in [-0.39, 0.29) is 5.97 Å². The average Bonchev–Trinajstić information content (AvgIpc) is 2.52. The molecule has 0 spiro atoms.